The molecule has 160 valence electrons. The molecule has 1 aromatic heterocycles. The number of nitrogens with zero attached hydrogens (tertiary/aromatic N) is 4. The molecular weight excluding hydrogens is 406 g/mol. The first kappa shape index (κ1) is 20.8. The molecule has 0 fully saturated rings. The average Bonchev–Trinajstić information content (AvgIpc) is 3.13. The van der Waals surface area contributed by atoms with E-state index in [-0.39, 0.29) is 12.5 Å². The van der Waals surface area contributed by atoms with Crippen LogP contribution < -0.4 is 19.9 Å². The van der Waals surface area contributed by atoms with Crippen LogP contribution in [0.1, 0.15) is 29.7 Å². The van der Waals surface area contributed by atoms with Crippen molar-refractivity contribution in [2.45, 2.75) is 19.8 Å². The van der Waals surface area contributed by atoms with Gasteiger partial charge in [-0.2, -0.15) is 15.6 Å². The van der Waals surface area contributed by atoms with Gasteiger partial charge in [-0.1, -0.05) is 24.3 Å². The second-order valence-corrected chi connectivity index (χ2v) is 7.06. The molecule has 1 aliphatic rings. The molecule has 1 aliphatic heterocycles. The SMILES string of the molecule is CCOc1cc([C@@H]2C(C#N)=C(N)Oc3c2c(C)nn3-c2ccccc2)ccc1OCC#N. The van der Waals surface area contributed by atoms with E-state index in [1.54, 1.807) is 16.8 Å². The summed E-state index contributed by atoms with van der Waals surface area (Å²) in [6.45, 7) is 4.05. The van der Waals surface area contributed by atoms with E-state index in [0.717, 1.165) is 22.5 Å². The number of hydrogen-bond acceptors (Lipinski definition) is 7. The molecule has 4 rings (SSSR count). The average molecular weight is 427 g/mol. The highest BCUT2D eigenvalue weighted by Gasteiger charge is 2.36. The fourth-order valence-corrected chi connectivity index (χ4v) is 3.79. The van der Waals surface area contributed by atoms with Crippen molar-refractivity contribution in [2.75, 3.05) is 13.2 Å². The van der Waals surface area contributed by atoms with Crippen molar-refractivity contribution in [3.8, 4) is 35.2 Å². The highest BCUT2D eigenvalue weighted by atomic mass is 16.5. The molecule has 2 heterocycles. The first-order chi connectivity index (χ1) is 15.6. The monoisotopic (exact) mass is 427 g/mol. The van der Waals surface area contributed by atoms with E-state index in [9.17, 15) is 5.26 Å². The van der Waals surface area contributed by atoms with Crippen LogP contribution in [0.4, 0.5) is 0 Å². The zero-order valence-corrected chi connectivity index (χ0v) is 17.7. The van der Waals surface area contributed by atoms with Crippen molar-refractivity contribution in [2.24, 2.45) is 5.73 Å². The Morgan fingerprint density at radius 1 is 1.12 bits per heavy atom. The summed E-state index contributed by atoms with van der Waals surface area (Å²) in [5.74, 6) is 0.946. The molecule has 32 heavy (non-hydrogen) atoms. The van der Waals surface area contributed by atoms with E-state index in [2.05, 4.69) is 11.2 Å². The topological polar surface area (TPSA) is 119 Å². The van der Waals surface area contributed by atoms with Crippen molar-refractivity contribution in [1.29, 1.82) is 10.5 Å². The Bertz CT molecular complexity index is 1270. The highest BCUT2D eigenvalue weighted by Crippen LogP contribution is 2.46. The molecule has 0 spiro atoms. The summed E-state index contributed by atoms with van der Waals surface area (Å²) in [6.07, 6.45) is 0. The van der Waals surface area contributed by atoms with Gasteiger partial charge >= 0.3 is 0 Å². The van der Waals surface area contributed by atoms with Crippen LogP contribution in [-0.2, 0) is 0 Å². The van der Waals surface area contributed by atoms with Crippen molar-refractivity contribution in [3.63, 3.8) is 0 Å². The molecular formula is C24H21N5O3. The number of nitriles is 2. The summed E-state index contributed by atoms with van der Waals surface area (Å²) in [6, 6.07) is 19.1. The maximum absolute atomic E-state index is 9.89. The smallest absolute Gasteiger partial charge is 0.229 e. The Hall–Kier alpha value is -4.43. The minimum atomic E-state index is -0.495. The van der Waals surface area contributed by atoms with Crippen LogP contribution in [0.5, 0.6) is 17.4 Å². The van der Waals surface area contributed by atoms with Gasteiger partial charge in [0.05, 0.1) is 29.5 Å². The van der Waals surface area contributed by atoms with Crippen LogP contribution in [0, 0.1) is 29.6 Å². The van der Waals surface area contributed by atoms with E-state index >= 15 is 0 Å². The third kappa shape index (κ3) is 3.59. The molecule has 0 aliphatic carbocycles. The minimum Gasteiger partial charge on any atom is -0.490 e. The van der Waals surface area contributed by atoms with Crippen molar-refractivity contribution < 1.29 is 14.2 Å². The lowest BCUT2D eigenvalue weighted by Gasteiger charge is -2.25. The Labute approximate surface area is 185 Å². The summed E-state index contributed by atoms with van der Waals surface area (Å²) in [5, 5.41) is 23.4. The van der Waals surface area contributed by atoms with E-state index in [1.807, 2.05) is 56.3 Å². The van der Waals surface area contributed by atoms with Gasteiger partial charge in [0.1, 0.15) is 17.7 Å². The Morgan fingerprint density at radius 2 is 1.91 bits per heavy atom. The Kier molecular flexibility index (Phi) is 5.69. The predicted octanol–water partition coefficient (Wildman–Crippen LogP) is 3.70. The van der Waals surface area contributed by atoms with Gasteiger partial charge in [-0.3, -0.25) is 0 Å². The Morgan fingerprint density at radius 3 is 2.59 bits per heavy atom. The second kappa shape index (κ2) is 8.75. The van der Waals surface area contributed by atoms with E-state index in [4.69, 9.17) is 25.2 Å². The van der Waals surface area contributed by atoms with Crippen LogP contribution >= 0.6 is 0 Å². The van der Waals surface area contributed by atoms with Crippen LogP contribution in [0.3, 0.4) is 0 Å². The number of fused-ring (bicyclic) bond motifs is 1. The number of allylic oxidation sites excluding steroid dienone is 1. The van der Waals surface area contributed by atoms with Crippen LogP contribution in [0.2, 0.25) is 0 Å². The number of aromatic nitrogens is 2. The highest BCUT2D eigenvalue weighted by molar-refractivity contribution is 5.59. The summed E-state index contributed by atoms with van der Waals surface area (Å²) in [7, 11) is 0. The molecule has 0 amide bonds. The summed E-state index contributed by atoms with van der Waals surface area (Å²) < 4.78 is 18.8. The van der Waals surface area contributed by atoms with Gasteiger partial charge in [-0.15, -0.1) is 0 Å². The normalized spacial score (nSPS) is 14.7. The molecule has 8 heteroatoms. The lowest BCUT2D eigenvalue weighted by atomic mass is 9.84. The molecule has 0 unspecified atom stereocenters. The number of para-hydroxylation sites is 1. The largest absolute Gasteiger partial charge is 0.490 e. The quantitative estimate of drug-likeness (QED) is 0.637. The maximum atomic E-state index is 9.89. The molecule has 3 aromatic rings. The van der Waals surface area contributed by atoms with Crippen molar-refractivity contribution in [1.82, 2.24) is 9.78 Å². The summed E-state index contributed by atoms with van der Waals surface area (Å²) in [4.78, 5) is 0. The molecule has 8 nitrogen and oxygen atoms in total. The molecule has 0 radical (unpaired) electrons. The van der Waals surface area contributed by atoms with Gasteiger partial charge in [0.2, 0.25) is 11.8 Å². The van der Waals surface area contributed by atoms with Crippen molar-refractivity contribution in [3.05, 3.63) is 76.8 Å². The summed E-state index contributed by atoms with van der Waals surface area (Å²) in [5.41, 5.74) is 9.55. The number of ether oxygens (including phenoxy) is 3. The number of hydrogen-bond donors (Lipinski definition) is 1. The van der Waals surface area contributed by atoms with Gasteiger partial charge in [-0.25, -0.2) is 4.68 Å². The van der Waals surface area contributed by atoms with Gasteiger partial charge in [0, 0.05) is 0 Å². The first-order valence-electron chi connectivity index (χ1n) is 10.1. The van der Waals surface area contributed by atoms with Crippen LogP contribution in [0.25, 0.3) is 5.69 Å². The zero-order valence-electron chi connectivity index (χ0n) is 17.7. The maximum Gasteiger partial charge on any atom is 0.229 e. The van der Waals surface area contributed by atoms with E-state index in [1.165, 1.54) is 0 Å². The van der Waals surface area contributed by atoms with Gasteiger partial charge in [0.25, 0.3) is 0 Å². The minimum absolute atomic E-state index is 0.0323. The molecule has 0 saturated carbocycles. The van der Waals surface area contributed by atoms with Gasteiger partial charge in [-0.05, 0) is 43.7 Å². The van der Waals surface area contributed by atoms with E-state index < -0.39 is 5.92 Å². The Balaban J connectivity index is 1.88. The molecule has 0 bridgehead atoms. The van der Waals surface area contributed by atoms with Gasteiger partial charge < -0.3 is 19.9 Å². The lowest BCUT2D eigenvalue weighted by molar-refractivity contribution is 0.298. The van der Waals surface area contributed by atoms with Crippen LogP contribution in [0.15, 0.2) is 60.0 Å². The second-order valence-electron chi connectivity index (χ2n) is 7.06. The van der Waals surface area contributed by atoms with E-state index in [0.29, 0.717) is 29.6 Å². The van der Waals surface area contributed by atoms with Crippen LogP contribution in [-0.4, -0.2) is 23.0 Å². The number of benzene rings is 2. The van der Waals surface area contributed by atoms with Gasteiger partial charge in [0.15, 0.2) is 18.1 Å². The third-order valence-corrected chi connectivity index (χ3v) is 5.13. The number of rotatable bonds is 6. The fourth-order valence-electron chi connectivity index (χ4n) is 3.79. The number of aryl methyl sites for hydroxylation is 1. The standard InChI is InChI=1S/C24H21N5O3/c1-3-30-20-13-16(9-10-19(20)31-12-11-25)22-18(14-26)23(27)32-24-21(22)15(2)28-29(24)17-7-5-4-6-8-17/h4-10,13,22H,3,12,27H2,1-2H3/t22-/m1/s1. The predicted molar refractivity (Wildman–Crippen MR) is 116 cm³/mol. The molecule has 0 saturated heterocycles. The first-order valence-corrected chi connectivity index (χ1v) is 10.1. The lowest BCUT2D eigenvalue weighted by Crippen LogP contribution is -2.22. The molecule has 2 N–H and O–H groups in total. The molecule has 1 atom stereocenters. The third-order valence-electron chi connectivity index (χ3n) is 5.13. The number of nitrogens with two attached hydrogens (primary N) is 1. The fraction of sp³-hybridized carbons (Fsp3) is 0.208. The summed E-state index contributed by atoms with van der Waals surface area (Å²) >= 11 is 0. The molecule has 2 aromatic carbocycles. The zero-order chi connectivity index (χ0) is 22.7. The van der Waals surface area contributed by atoms with Crippen molar-refractivity contribution >= 4 is 0 Å².